The van der Waals surface area contributed by atoms with Crippen LogP contribution in [0.1, 0.15) is 36.6 Å². The zero-order valence-electron chi connectivity index (χ0n) is 22.5. The molecule has 0 radical (unpaired) electrons. The monoisotopic (exact) mass is 592 g/mol. The molecule has 2 heterocycles. The number of fused-ring (bicyclic) bond motifs is 1. The Morgan fingerprint density at radius 2 is 1.88 bits per heavy atom. The van der Waals surface area contributed by atoms with Crippen molar-refractivity contribution in [2.24, 2.45) is 4.99 Å². The Balaban J connectivity index is 1.54. The van der Waals surface area contributed by atoms with Crippen molar-refractivity contribution >= 4 is 35.0 Å². The number of esters is 1. The molecule has 0 saturated heterocycles. The van der Waals surface area contributed by atoms with Crippen molar-refractivity contribution in [3.05, 3.63) is 125 Å². The first kappa shape index (κ1) is 28.3. The number of carbonyl (C=O) groups excluding carboxylic acids is 1. The fourth-order valence-corrected chi connectivity index (χ4v) is 5.83. The number of hydrogen-bond donors (Lipinski definition) is 0. The number of aromatic nitrogens is 1. The van der Waals surface area contributed by atoms with Crippen molar-refractivity contribution in [2.45, 2.75) is 26.5 Å². The van der Waals surface area contributed by atoms with Gasteiger partial charge in [0, 0.05) is 5.56 Å². The number of hydrogen-bond acceptors (Lipinski definition) is 7. The van der Waals surface area contributed by atoms with Gasteiger partial charge in [-0.25, -0.2) is 14.2 Å². The van der Waals surface area contributed by atoms with Gasteiger partial charge in [-0.05, 0) is 67.4 Å². The van der Waals surface area contributed by atoms with Gasteiger partial charge in [0.25, 0.3) is 5.56 Å². The van der Waals surface area contributed by atoms with Gasteiger partial charge in [0.2, 0.25) is 0 Å². The zero-order valence-corrected chi connectivity index (χ0v) is 24.1. The number of halogens is 2. The third-order valence-corrected chi connectivity index (χ3v) is 7.89. The number of benzene rings is 3. The highest BCUT2D eigenvalue weighted by atomic mass is 35.5. The Hall–Kier alpha value is -4.21. The Bertz CT molecular complexity index is 1810. The largest absolute Gasteiger partial charge is 0.497 e. The summed E-state index contributed by atoms with van der Waals surface area (Å²) in [6, 6.07) is 18.1. The van der Waals surface area contributed by atoms with E-state index >= 15 is 0 Å². The van der Waals surface area contributed by atoms with Crippen LogP contribution in [0, 0.1) is 5.82 Å². The number of ether oxygens (including phenoxy) is 3. The fraction of sp³-hybridized carbons (Fsp3) is 0.194. The molecule has 41 heavy (non-hydrogen) atoms. The van der Waals surface area contributed by atoms with E-state index in [4.69, 9.17) is 25.8 Å². The molecule has 7 nitrogen and oxygen atoms in total. The normalized spacial score (nSPS) is 14.9. The van der Waals surface area contributed by atoms with Gasteiger partial charge in [-0.1, -0.05) is 53.3 Å². The Kier molecular flexibility index (Phi) is 8.37. The number of rotatable bonds is 8. The minimum atomic E-state index is -0.724. The van der Waals surface area contributed by atoms with E-state index in [1.807, 2.05) is 18.2 Å². The average Bonchev–Trinajstić information content (AvgIpc) is 3.26. The lowest BCUT2D eigenvalue weighted by molar-refractivity contribution is -0.139. The van der Waals surface area contributed by atoms with E-state index in [0.717, 1.165) is 5.56 Å². The molecule has 0 aliphatic carbocycles. The average molecular weight is 593 g/mol. The van der Waals surface area contributed by atoms with Crippen molar-refractivity contribution in [1.29, 1.82) is 0 Å². The zero-order chi connectivity index (χ0) is 29.1. The molecule has 1 aromatic heterocycles. The lowest BCUT2D eigenvalue weighted by atomic mass is 9.96. The van der Waals surface area contributed by atoms with Crippen LogP contribution in [0.25, 0.3) is 6.08 Å². The number of carbonyl (C=O) groups is 1. The molecule has 0 fully saturated rings. The highest BCUT2D eigenvalue weighted by Gasteiger charge is 2.33. The topological polar surface area (TPSA) is 79.1 Å². The smallest absolute Gasteiger partial charge is 0.338 e. The van der Waals surface area contributed by atoms with E-state index in [1.54, 1.807) is 63.4 Å². The predicted molar refractivity (Wildman–Crippen MR) is 156 cm³/mol. The summed E-state index contributed by atoms with van der Waals surface area (Å²) in [5.74, 6) is 0.170. The SMILES string of the molecule is CCOC(=O)C1=C(C)N=c2sc(=Cc3cccc(OCc4c(F)cccc4Cl)c3)c(=O)n2[C@@H]1c1ccc(OC)cc1. The van der Waals surface area contributed by atoms with Gasteiger partial charge >= 0.3 is 5.97 Å². The number of allylic oxidation sites excluding steroid dienone is 1. The van der Waals surface area contributed by atoms with Crippen molar-refractivity contribution in [2.75, 3.05) is 13.7 Å². The third-order valence-electron chi connectivity index (χ3n) is 6.55. The third kappa shape index (κ3) is 5.82. The summed E-state index contributed by atoms with van der Waals surface area (Å²) in [5.41, 5.74) is 2.18. The number of thiazole rings is 1. The fourth-order valence-electron chi connectivity index (χ4n) is 4.56. The molecule has 0 N–H and O–H groups in total. The van der Waals surface area contributed by atoms with Crippen LogP contribution < -0.4 is 24.4 Å². The van der Waals surface area contributed by atoms with Gasteiger partial charge in [-0.2, -0.15) is 0 Å². The first-order valence-corrected chi connectivity index (χ1v) is 14.0. The van der Waals surface area contributed by atoms with E-state index in [0.29, 0.717) is 37.7 Å². The summed E-state index contributed by atoms with van der Waals surface area (Å²) in [4.78, 5) is 31.9. The second kappa shape index (κ2) is 12.1. The molecule has 0 bridgehead atoms. The van der Waals surface area contributed by atoms with Gasteiger partial charge in [-0.15, -0.1) is 0 Å². The number of methoxy groups -OCH3 is 1. The molecule has 0 saturated carbocycles. The number of nitrogens with zero attached hydrogens (tertiary/aromatic N) is 2. The summed E-state index contributed by atoms with van der Waals surface area (Å²) in [6.45, 7) is 3.61. The molecular weight excluding hydrogens is 567 g/mol. The Labute approximate surface area is 244 Å². The van der Waals surface area contributed by atoms with Crippen LogP contribution >= 0.6 is 22.9 Å². The molecule has 1 aliphatic rings. The second-order valence-electron chi connectivity index (χ2n) is 9.14. The van der Waals surface area contributed by atoms with Gasteiger partial charge < -0.3 is 14.2 Å². The molecule has 1 atom stereocenters. The summed E-state index contributed by atoms with van der Waals surface area (Å²) in [7, 11) is 1.57. The first-order chi connectivity index (χ1) is 19.8. The maximum Gasteiger partial charge on any atom is 0.338 e. The van der Waals surface area contributed by atoms with Crippen molar-refractivity contribution < 1.29 is 23.4 Å². The molecule has 1 aliphatic heterocycles. The van der Waals surface area contributed by atoms with Gasteiger partial charge in [-0.3, -0.25) is 9.36 Å². The maximum atomic E-state index is 14.2. The van der Waals surface area contributed by atoms with Gasteiger partial charge in [0.05, 0.1) is 40.6 Å². The predicted octanol–water partition coefficient (Wildman–Crippen LogP) is 5.18. The molecule has 3 aromatic carbocycles. The van der Waals surface area contributed by atoms with E-state index in [9.17, 15) is 14.0 Å². The summed E-state index contributed by atoms with van der Waals surface area (Å²) in [5, 5.41) is 0.283. The molecule has 0 unspecified atom stereocenters. The maximum absolute atomic E-state index is 14.2. The van der Waals surface area contributed by atoms with Gasteiger partial charge in [0.15, 0.2) is 4.80 Å². The summed E-state index contributed by atoms with van der Waals surface area (Å²) in [6.07, 6.45) is 1.74. The Morgan fingerprint density at radius 3 is 2.59 bits per heavy atom. The van der Waals surface area contributed by atoms with Crippen LogP contribution in [0.5, 0.6) is 11.5 Å². The molecular formula is C31H26ClFN2O5S. The first-order valence-electron chi connectivity index (χ1n) is 12.8. The Morgan fingerprint density at radius 1 is 1.12 bits per heavy atom. The molecule has 10 heteroatoms. The highest BCUT2D eigenvalue weighted by molar-refractivity contribution is 7.07. The van der Waals surface area contributed by atoms with Crippen LogP contribution in [-0.2, 0) is 16.1 Å². The molecule has 5 rings (SSSR count). The minimum absolute atomic E-state index is 0.0467. The van der Waals surface area contributed by atoms with Crippen LogP contribution in [0.15, 0.2) is 87.8 Å². The van der Waals surface area contributed by atoms with Crippen LogP contribution in [0.3, 0.4) is 0 Å². The lowest BCUT2D eigenvalue weighted by Crippen LogP contribution is -2.39. The quantitative estimate of drug-likeness (QED) is 0.264. The van der Waals surface area contributed by atoms with Crippen molar-refractivity contribution in [3.63, 3.8) is 0 Å². The molecule has 4 aromatic rings. The minimum Gasteiger partial charge on any atom is -0.497 e. The second-order valence-corrected chi connectivity index (χ2v) is 10.6. The molecule has 0 spiro atoms. The van der Waals surface area contributed by atoms with E-state index in [2.05, 4.69) is 4.99 Å². The van der Waals surface area contributed by atoms with Crippen molar-refractivity contribution in [3.8, 4) is 11.5 Å². The van der Waals surface area contributed by atoms with E-state index in [1.165, 1.54) is 28.0 Å². The summed E-state index contributed by atoms with van der Waals surface area (Å²) < 4.78 is 32.5. The highest BCUT2D eigenvalue weighted by Crippen LogP contribution is 2.31. The van der Waals surface area contributed by atoms with Crippen molar-refractivity contribution in [1.82, 2.24) is 4.57 Å². The molecule has 210 valence electrons. The van der Waals surface area contributed by atoms with Gasteiger partial charge in [0.1, 0.15) is 23.9 Å². The van der Waals surface area contributed by atoms with Crippen LogP contribution in [0.4, 0.5) is 4.39 Å². The standard InChI is InChI=1S/C31H26ClFN2O5S/c1-4-39-30(37)27-18(2)34-31-35(28(27)20-11-13-21(38-3)14-12-20)29(36)26(41-31)16-19-7-5-8-22(15-19)40-17-23-24(32)9-6-10-25(23)33/h5-16,28H,4,17H2,1-3H3/t28-/m1/s1. The molecule has 0 amide bonds. The summed E-state index contributed by atoms with van der Waals surface area (Å²) >= 11 is 7.34. The van der Waals surface area contributed by atoms with Crippen LogP contribution in [0.2, 0.25) is 5.02 Å². The van der Waals surface area contributed by atoms with Crippen LogP contribution in [-0.4, -0.2) is 24.3 Å². The van der Waals surface area contributed by atoms with E-state index in [-0.39, 0.29) is 29.4 Å². The lowest BCUT2D eigenvalue weighted by Gasteiger charge is -2.24. The van der Waals surface area contributed by atoms with E-state index < -0.39 is 17.8 Å².